The van der Waals surface area contributed by atoms with Crippen LogP contribution in [0.2, 0.25) is 5.02 Å². The van der Waals surface area contributed by atoms with E-state index in [0.717, 1.165) is 30.5 Å². The lowest BCUT2D eigenvalue weighted by Crippen LogP contribution is -2.34. The third kappa shape index (κ3) is 4.13. The molecule has 0 spiro atoms. The predicted octanol–water partition coefficient (Wildman–Crippen LogP) is 4.55. The van der Waals surface area contributed by atoms with E-state index in [2.05, 4.69) is 6.58 Å². The molecular weight excluding hydrogens is 315 g/mol. The Kier molecular flexibility index (Phi) is 4.96. The highest BCUT2D eigenvalue weighted by Crippen LogP contribution is 2.32. The molecule has 22 heavy (non-hydrogen) atoms. The van der Waals surface area contributed by atoms with Crippen LogP contribution in [0.5, 0.6) is 0 Å². The number of hydrogen-bond acceptors (Lipinski definition) is 1. The Morgan fingerprint density at radius 2 is 1.91 bits per heavy atom. The molecule has 2 rings (SSSR count). The van der Waals surface area contributed by atoms with Gasteiger partial charge in [0.25, 0.3) is 0 Å². The van der Waals surface area contributed by atoms with E-state index in [9.17, 15) is 18.0 Å². The Bertz CT molecular complexity index is 612. The van der Waals surface area contributed by atoms with Gasteiger partial charge in [0.2, 0.25) is 5.91 Å². The summed E-state index contributed by atoms with van der Waals surface area (Å²) < 4.78 is 38.0. The van der Waals surface area contributed by atoms with E-state index in [1.165, 1.54) is 18.2 Å². The smallest absolute Gasteiger partial charge is 0.339 e. The summed E-state index contributed by atoms with van der Waals surface area (Å²) in [4.78, 5) is 13.7. The first-order chi connectivity index (χ1) is 10.3. The molecule has 1 amide bonds. The highest BCUT2D eigenvalue weighted by Gasteiger charge is 2.30. The van der Waals surface area contributed by atoms with Crippen molar-refractivity contribution in [3.8, 4) is 0 Å². The SMILES string of the molecule is C=C1CCN(C(=O)/C=C/c2cc(C(F)(F)F)ccc2Cl)CC1. The minimum absolute atomic E-state index is 0.170. The fourth-order valence-electron chi connectivity index (χ4n) is 2.16. The predicted molar refractivity (Wildman–Crippen MR) is 80.4 cm³/mol. The van der Waals surface area contributed by atoms with Gasteiger partial charge >= 0.3 is 6.18 Å². The van der Waals surface area contributed by atoms with Crippen LogP contribution in [0.1, 0.15) is 24.0 Å². The topological polar surface area (TPSA) is 20.3 Å². The molecule has 6 heteroatoms. The van der Waals surface area contributed by atoms with Crippen molar-refractivity contribution in [3.05, 3.63) is 52.6 Å². The molecule has 118 valence electrons. The number of halogens is 4. The van der Waals surface area contributed by atoms with Crippen LogP contribution in [-0.4, -0.2) is 23.9 Å². The van der Waals surface area contributed by atoms with E-state index < -0.39 is 11.7 Å². The second-order valence-electron chi connectivity index (χ2n) is 5.14. The number of likely N-dealkylation sites (tertiary alicyclic amines) is 1. The van der Waals surface area contributed by atoms with Crippen LogP contribution in [0.25, 0.3) is 6.08 Å². The normalized spacial score (nSPS) is 16.4. The minimum Gasteiger partial charge on any atom is -0.339 e. The van der Waals surface area contributed by atoms with Crippen molar-refractivity contribution in [3.63, 3.8) is 0 Å². The van der Waals surface area contributed by atoms with Crippen molar-refractivity contribution in [1.82, 2.24) is 4.90 Å². The molecule has 0 saturated carbocycles. The number of benzene rings is 1. The number of hydrogen-bond donors (Lipinski definition) is 0. The van der Waals surface area contributed by atoms with Crippen molar-refractivity contribution >= 4 is 23.6 Å². The summed E-state index contributed by atoms with van der Waals surface area (Å²) in [6.45, 7) is 5.03. The molecule has 0 aromatic heterocycles. The number of nitrogens with zero attached hydrogens (tertiary/aromatic N) is 1. The number of amides is 1. The molecule has 0 radical (unpaired) electrons. The van der Waals surface area contributed by atoms with Gasteiger partial charge in [-0.05, 0) is 42.7 Å². The van der Waals surface area contributed by atoms with Crippen molar-refractivity contribution in [1.29, 1.82) is 0 Å². The van der Waals surface area contributed by atoms with Crippen LogP contribution in [0.4, 0.5) is 13.2 Å². The number of piperidine rings is 1. The second-order valence-corrected chi connectivity index (χ2v) is 5.55. The maximum absolute atomic E-state index is 12.7. The number of alkyl halides is 3. The lowest BCUT2D eigenvalue weighted by Gasteiger charge is -2.26. The third-order valence-corrected chi connectivity index (χ3v) is 3.86. The van der Waals surface area contributed by atoms with Crippen LogP contribution >= 0.6 is 11.6 Å². The van der Waals surface area contributed by atoms with Gasteiger partial charge in [0, 0.05) is 24.2 Å². The van der Waals surface area contributed by atoms with Gasteiger partial charge in [0.1, 0.15) is 0 Å². The van der Waals surface area contributed by atoms with Gasteiger partial charge in [-0.15, -0.1) is 0 Å². The summed E-state index contributed by atoms with van der Waals surface area (Å²) in [6, 6.07) is 3.03. The first-order valence-electron chi connectivity index (χ1n) is 6.78. The molecule has 0 unspecified atom stereocenters. The summed E-state index contributed by atoms with van der Waals surface area (Å²) in [5.41, 5.74) is 0.485. The Labute approximate surface area is 131 Å². The highest BCUT2D eigenvalue weighted by molar-refractivity contribution is 6.32. The zero-order chi connectivity index (χ0) is 16.3. The standard InChI is InChI=1S/C16H15ClF3NO/c1-11-6-8-21(9-7-11)15(22)5-2-12-10-13(16(18,19)20)3-4-14(12)17/h2-5,10H,1,6-9H2/b5-2+. The monoisotopic (exact) mass is 329 g/mol. The van der Waals surface area contributed by atoms with Crippen LogP contribution in [0.15, 0.2) is 36.4 Å². The van der Waals surface area contributed by atoms with Gasteiger partial charge in [-0.25, -0.2) is 0 Å². The molecular formula is C16H15ClF3NO. The molecule has 1 heterocycles. The van der Waals surface area contributed by atoms with Gasteiger partial charge in [0.05, 0.1) is 5.56 Å². The Hall–Kier alpha value is -1.75. The summed E-state index contributed by atoms with van der Waals surface area (Å²) in [5, 5.41) is 0.170. The zero-order valence-electron chi connectivity index (χ0n) is 11.8. The van der Waals surface area contributed by atoms with Gasteiger partial charge in [-0.2, -0.15) is 13.2 Å². The molecule has 0 atom stereocenters. The zero-order valence-corrected chi connectivity index (χ0v) is 12.5. The number of rotatable bonds is 2. The van der Waals surface area contributed by atoms with Crippen LogP contribution < -0.4 is 0 Å². The summed E-state index contributed by atoms with van der Waals surface area (Å²) in [6.07, 6.45) is -0.350. The molecule has 1 aliphatic heterocycles. The van der Waals surface area contributed by atoms with Crippen molar-refractivity contribution < 1.29 is 18.0 Å². The van der Waals surface area contributed by atoms with E-state index in [0.29, 0.717) is 13.1 Å². The van der Waals surface area contributed by atoms with Crippen molar-refractivity contribution in [2.75, 3.05) is 13.1 Å². The molecule has 1 saturated heterocycles. The largest absolute Gasteiger partial charge is 0.416 e. The van der Waals surface area contributed by atoms with E-state index >= 15 is 0 Å². The summed E-state index contributed by atoms with van der Waals surface area (Å²) in [5.74, 6) is -0.235. The average molecular weight is 330 g/mol. The Morgan fingerprint density at radius 3 is 2.50 bits per heavy atom. The fraction of sp³-hybridized carbons (Fsp3) is 0.312. The van der Waals surface area contributed by atoms with Crippen LogP contribution in [0.3, 0.4) is 0 Å². The maximum atomic E-state index is 12.7. The van der Waals surface area contributed by atoms with Gasteiger partial charge in [-0.3, -0.25) is 4.79 Å². The van der Waals surface area contributed by atoms with E-state index in [-0.39, 0.29) is 16.5 Å². The van der Waals surface area contributed by atoms with Crippen LogP contribution in [0, 0.1) is 0 Å². The first kappa shape index (κ1) is 16.6. The Balaban J connectivity index is 2.12. The van der Waals surface area contributed by atoms with Gasteiger partial charge in [0.15, 0.2) is 0 Å². The van der Waals surface area contributed by atoms with Gasteiger partial charge < -0.3 is 4.90 Å². The third-order valence-electron chi connectivity index (χ3n) is 3.51. The maximum Gasteiger partial charge on any atom is 0.416 e. The molecule has 1 aromatic rings. The van der Waals surface area contributed by atoms with Gasteiger partial charge in [-0.1, -0.05) is 23.8 Å². The second kappa shape index (κ2) is 6.57. The highest BCUT2D eigenvalue weighted by atomic mass is 35.5. The lowest BCUT2D eigenvalue weighted by atomic mass is 10.1. The lowest BCUT2D eigenvalue weighted by molar-refractivity contribution is -0.137. The summed E-state index contributed by atoms with van der Waals surface area (Å²) in [7, 11) is 0. The van der Waals surface area contributed by atoms with E-state index in [4.69, 9.17) is 11.6 Å². The number of carbonyl (C=O) groups excluding carboxylic acids is 1. The molecule has 0 bridgehead atoms. The fourth-order valence-corrected chi connectivity index (χ4v) is 2.34. The van der Waals surface area contributed by atoms with Crippen molar-refractivity contribution in [2.45, 2.75) is 19.0 Å². The molecule has 0 N–H and O–H groups in total. The molecule has 2 nitrogen and oxygen atoms in total. The first-order valence-corrected chi connectivity index (χ1v) is 7.15. The van der Waals surface area contributed by atoms with E-state index in [1.807, 2.05) is 0 Å². The molecule has 1 aliphatic rings. The number of carbonyl (C=O) groups is 1. The molecule has 1 aromatic carbocycles. The molecule has 0 aliphatic carbocycles. The average Bonchev–Trinajstić information content (AvgIpc) is 2.45. The summed E-state index contributed by atoms with van der Waals surface area (Å²) >= 11 is 5.88. The Morgan fingerprint density at radius 1 is 1.27 bits per heavy atom. The molecule has 1 fully saturated rings. The van der Waals surface area contributed by atoms with E-state index in [1.54, 1.807) is 4.90 Å². The van der Waals surface area contributed by atoms with Crippen molar-refractivity contribution in [2.24, 2.45) is 0 Å². The quantitative estimate of drug-likeness (QED) is 0.576. The van der Waals surface area contributed by atoms with Crippen LogP contribution in [-0.2, 0) is 11.0 Å². The minimum atomic E-state index is -4.44.